The molecule has 0 unspecified atom stereocenters. The monoisotopic (exact) mass is 488 g/mol. The van der Waals surface area contributed by atoms with Gasteiger partial charge in [0.15, 0.2) is 17.4 Å². The lowest BCUT2D eigenvalue weighted by molar-refractivity contribution is 0.393. The van der Waals surface area contributed by atoms with Crippen molar-refractivity contribution in [3.63, 3.8) is 0 Å². The lowest BCUT2D eigenvalue weighted by Crippen LogP contribution is -2.29. The number of nitrogens with one attached hydrogen (secondary N) is 1. The van der Waals surface area contributed by atoms with Gasteiger partial charge in [-0.05, 0) is 26.8 Å². The minimum Gasteiger partial charge on any atom is -0.481 e. The van der Waals surface area contributed by atoms with Crippen LogP contribution in [0.2, 0.25) is 0 Å². The van der Waals surface area contributed by atoms with E-state index in [2.05, 4.69) is 35.0 Å². The van der Waals surface area contributed by atoms with E-state index in [-0.39, 0.29) is 24.0 Å². The van der Waals surface area contributed by atoms with Gasteiger partial charge in [-0.25, -0.2) is 27.8 Å². The maximum atomic E-state index is 13.1. The molecule has 0 saturated carbocycles. The summed E-state index contributed by atoms with van der Waals surface area (Å²) < 4.78 is 53.7. The minimum atomic E-state index is -3.99. The predicted octanol–water partition coefficient (Wildman–Crippen LogP) is 2.24. The summed E-state index contributed by atoms with van der Waals surface area (Å²) in [6.45, 7) is 4.88. The van der Waals surface area contributed by atoms with Gasteiger partial charge in [-0.3, -0.25) is 9.29 Å². The average Bonchev–Trinajstić information content (AvgIpc) is 3.36. The average molecular weight is 489 g/mol. The number of sulfonamides is 1. The Kier molecular flexibility index (Phi) is 6.24. The number of pyridine rings is 1. The Morgan fingerprint density at radius 2 is 1.94 bits per heavy atom. The molecular weight excluding hydrogens is 467 g/mol. The highest BCUT2D eigenvalue weighted by Gasteiger charge is 2.28. The van der Waals surface area contributed by atoms with Gasteiger partial charge < -0.3 is 9.26 Å². The van der Waals surface area contributed by atoms with Gasteiger partial charge in [0.05, 0.1) is 24.8 Å². The second-order valence-electron chi connectivity index (χ2n) is 7.40. The third-order valence-corrected chi connectivity index (χ3v) is 6.64. The first-order valence-electron chi connectivity index (χ1n) is 10.1. The zero-order valence-corrected chi connectivity index (χ0v) is 19.5. The summed E-state index contributed by atoms with van der Waals surface area (Å²) in [4.78, 5) is 12.0. The number of anilines is 1. The first-order chi connectivity index (χ1) is 16.2. The van der Waals surface area contributed by atoms with Gasteiger partial charge >= 0.3 is 0 Å². The third kappa shape index (κ3) is 4.57. The van der Waals surface area contributed by atoms with E-state index in [4.69, 9.17) is 9.26 Å². The Morgan fingerprint density at radius 3 is 2.59 bits per heavy atom. The number of hydrogen-bond donors (Lipinski definition) is 1. The smallest absolute Gasteiger partial charge is 0.243 e. The number of nitrogens with zero attached hydrogens (tertiary/aromatic N) is 7. The fraction of sp³-hybridized carbons (Fsp3) is 0.300. The summed E-state index contributed by atoms with van der Waals surface area (Å²) in [5, 5.41) is 11.2. The Hall–Kier alpha value is -3.94. The van der Waals surface area contributed by atoms with Crippen LogP contribution in [-0.2, 0) is 16.4 Å². The van der Waals surface area contributed by atoms with Gasteiger partial charge in [-0.2, -0.15) is 0 Å². The second-order valence-corrected chi connectivity index (χ2v) is 9.50. The van der Waals surface area contributed by atoms with E-state index in [0.717, 1.165) is 12.4 Å². The predicted molar refractivity (Wildman–Crippen MR) is 118 cm³/mol. The molecule has 4 rings (SSSR count). The number of rotatable bonds is 8. The van der Waals surface area contributed by atoms with Crippen molar-refractivity contribution in [2.75, 3.05) is 11.8 Å². The lowest BCUT2D eigenvalue weighted by Gasteiger charge is -2.15. The number of hydrogen-bond acceptors (Lipinski definition) is 10. The Morgan fingerprint density at radius 1 is 1.21 bits per heavy atom. The molecule has 0 amide bonds. The van der Waals surface area contributed by atoms with Gasteiger partial charge in [0.1, 0.15) is 22.9 Å². The van der Waals surface area contributed by atoms with Crippen LogP contribution in [0.4, 0.5) is 10.3 Å². The Bertz CT molecular complexity index is 1400. The quantitative estimate of drug-likeness (QED) is 0.391. The topological polar surface area (TPSA) is 151 Å². The van der Waals surface area contributed by atoms with Crippen LogP contribution >= 0.6 is 0 Å². The van der Waals surface area contributed by atoms with Crippen molar-refractivity contribution in [1.82, 2.24) is 34.9 Å². The van der Waals surface area contributed by atoms with Crippen molar-refractivity contribution in [3.8, 4) is 23.1 Å². The van der Waals surface area contributed by atoms with Crippen molar-refractivity contribution in [3.05, 3.63) is 53.7 Å². The van der Waals surface area contributed by atoms with Crippen molar-refractivity contribution in [1.29, 1.82) is 0 Å². The van der Waals surface area contributed by atoms with Crippen LogP contribution in [0.3, 0.4) is 0 Å². The van der Waals surface area contributed by atoms with Crippen molar-refractivity contribution < 1.29 is 22.1 Å². The summed E-state index contributed by atoms with van der Waals surface area (Å²) in [6, 6.07) is 5.08. The molecule has 4 aromatic heterocycles. The standard InChI is InChI=1S/C20H21FN8O4S/c1-11(8-16-22-9-14(21)10-23-16)34(30,31)28-20-26-25-19(15-6-5-7-17(24-15)32-4)29(20)18-12(2)27-33-13(18)3/h5-7,9-11H,8H2,1-4H3,(H,26,28)/t11-/m0/s1. The summed E-state index contributed by atoms with van der Waals surface area (Å²) in [6.07, 6.45) is 1.92. The van der Waals surface area contributed by atoms with Gasteiger partial charge in [0, 0.05) is 12.5 Å². The molecule has 178 valence electrons. The molecule has 0 bridgehead atoms. The molecule has 0 radical (unpaired) electrons. The molecule has 0 fully saturated rings. The largest absolute Gasteiger partial charge is 0.481 e. The fourth-order valence-corrected chi connectivity index (χ4v) is 4.17. The molecule has 0 aliphatic rings. The number of methoxy groups -OCH3 is 1. The third-order valence-electron chi connectivity index (χ3n) is 4.95. The first kappa shape index (κ1) is 23.2. The summed E-state index contributed by atoms with van der Waals surface area (Å²) in [5.74, 6) is 0.522. The van der Waals surface area contributed by atoms with Crippen LogP contribution in [0.5, 0.6) is 5.88 Å². The fourth-order valence-electron chi connectivity index (χ4n) is 3.22. The number of ether oxygens (including phenoxy) is 1. The van der Waals surface area contributed by atoms with Gasteiger partial charge in [-0.1, -0.05) is 11.2 Å². The summed E-state index contributed by atoms with van der Waals surface area (Å²) in [5.41, 5.74) is 1.36. The molecular formula is C20H21FN8O4S. The summed E-state index contributed by atoms with van der Waals surface area (Å²) in [7, 11) is -2.50. The molecule has 34 heavy (non-hydrogen) atoms. The number of aromatic nitrogens is 7. The SMILES string of the molecule is COc1cccc(-c2nnc(NS(=O)(=O)[C@@H](C)Cc3ncc(F)cn3)n2-c2c(C)noc2C)n1. The van der Waals surface area contributed by atoms with E-state index in [1.165, 1.54) is 18.6 Å². The highest BCUT2D eigenvalue weighted by Crippen LogP contribution is 2.30. The second kappa shape index (κ2) is 9.13. The highest BCUT2D eigenvalue weighted by atomic mass is 32.2. The normalized spacial score (nSPS) is 12.5. The zero-order chi connectivity index (χ0) is 24.5. The van der Waals surface area contributed by atoms with Crippen LogP contribution in [0.1, 0.15) is 24.2 Å². The minimum absolute atomic E-state index is 0.0423. The maximum absolute atomic E-state index is 13.1. The number of halogens is 1. The zero-order valence-electron chi connectivity index (χ0n) is 18.7. The molecule has 0 spiro atoms. The van der Waals surface area contributed by atoms with E-state index < -0.39 is 21.1 Å². The molecule has 4 aromatic rings. The lowest BCUT2D eigenvalue weighted by atomic mass is 10.3. The van der Waals surface area contributed by atoms with E-state index >= 15 is 0 Å². The molecule has 14 heteroatoms. The maximum Gasteiger partial charge on any atom is 0.243 e. The molecule has 4 heterocycles. The molecule has 1 atom stereocenters. The van der Waals surface area contributed by atoms with Crippen molar-refractivity contribution >= 4 is 16.0 Å². The molecule has 0 aliphatic carbocycles. The van der Waals surface area contributed by atoms with E-state index in [9.17, 15) is 12.8 Å². The number of aryl methyl sites for hydroxylation is 2. The highest BCUT2D eigenvalue weighted by molar-refractivity contribution is 7.93. The molecule has 0 saturated heterocycles. The van der Waals surface area contributed by atoms with Crippen LogP contribution in [0.25, 0.3) is 17.2 Å². The van der Waals surface area contributed by atoms with E-state index in [1.807, 2.05) is 0 Å². The van der Waals surface area contributed by atoms with E-state index in [1.54, 1.807) is 32.0 Å². The van der Waals surface area contributed by atoms with E-state index in [0.29, 0.717) is 28.7 Å². The summed E-state index contributed by atoms with van der Waals surface area (Å²) >= 11 is 0. The Balaban J connectivity index is 1.74. The molecule has 0 aliphatic heterocycles. The molecule has 0 aromatic carbocycles. The first-order valence-corrected chi connectivity index (χ1v) is 11.6. The van der Waals surface area contributed by atoms with Gasteiger partial charge in [0.2, 0.25) is 21.9 Å². The van der Waals surface area contributed by atoms with Crippen LogP contribution in [0.15, 0.2) is 35.1 Å². The Labute approximate surface area is 194 Å². The van der Waals surface area contributed by atoms with Gasteiger partial charge in [-0.15, -0.1) is 10.2 Å². The molecule has 12 nitrogen and oxygen atoms in total. The van der Waals surface area contributed by atoms with Crippen LogP contribution in [0, 0.1) is 19.7 Å². The van der Waals surface area contributed by atoms with Crippen molar-refractivity contribution in [2.45, 2.75) is 32.4 Å². The van der Waals surface area contributed by atoms with Crippen LogP contribution < -0.4 is 9.46 Å². The van der Waals surface area contributed by atoms with Crippen molar-refractivity contribution in [2.24, 2.45) is 0 Å². The van der Waals surface area contributed by atoms with Gasteiger partial charge in [0.25, 0.3) is 0 Å². The molecule has 1 N–H and O–H groups in total. The van der Waals surface area contributed by atoms with Crippen LogP contribution in [-0.4, -0.2) is 55.7 Å².